The fourth-order valence-electron chi connectivity index (χ4n) is 2.94. The molecule has 2 nitrogen and oxygen atoms in total. The predicted molar refractivity (Wildman–Crippen MR) is 65.1 cm³/mol. The summed E-state index contributed by atoms with van der Waals surface area (Å²) in [5.74, 6) is 0.371. The van der Waals surface area contributed by atoms with Crippen LogP contribution in [-0.4, -0.2) is 10.1 Å². The summed E-state index contributed by atoms with van der Waals surface area (Å²) in [7, 11) is 0. The summed E-state index contributed by atoms with van der Waals surface area (Å²) in [6.07, 6.45) is 6.82. The van der Waals surface area contributed by atoms with Crippen LogP contribution in [0.5, 0.6) is 0 Å². The van der Waals surface area contributed by atoms with Crippen molar-refractivity contribution in [3.05, 3.63) is 29.6 Å². The van der Waals surface area contributed by atoms with E-state index in [2.05, 4.69) is 18.8 Å². The second-order valence-corrected chi connectivity index (χ2v) is 5.66. The molecular formula is C14H21NO. The van der Waals surface area contributed by atoms with E-state index in [1.807, 2.05) is 19.2 Å². The number of aliphatic hydroxyl groups is 1. The standard InChI is InChI=1S/C14H21NO/c1-10-6-8-15-9-11(10)13(16)12-5-4-7-14(12,2)3/h6,8-9,12-13,16H,4-5,7H2,1-3H3. The lowest BCUT2D eigenvalue weighted by molar-refractivity contribution is 0.0524. The van der Waals surface area contributed by atoms with Gasteiger partial charge in [0.05, 0.1) is 6.10 Å². The van der Waals surface area contributed by atoms with Gasteiger partial charge in [-0.2, -0.15) is 0 Å². The van der Waals surface area contributed by atoms with Gasteiger partial charge < -0.3 is 5.11 Å². The van der Waals surface area contributed by atoms with Crippen LogP contribution < -0.4 is 0 Å². The number of pyridine rings is 1. The topological polar surface area (TPSA) is 33.1 Å². The molecule has 1 fully saturated rings. The minimum Gasteiger partial charge on any atom is -0.388 e. The van der Waals surface area contributed by atoms with Crippen LogP contribution in [0.1, 0.15) is 50.3 Å². The summed E-state index contributed by atoms with van der Waals surface area (Å²) in [4.78, 5) is 4.13. The van der Waals surface area contributed by atoms with E-state index in [0.717, 1.165) is 17.5 Å². The molecule has 0 aliphatic heterocycles. The molecule has 0 spiro atoms. The average Bonchev–Trinajstić information content (AvgIpc) is 2.58. The molecule has 88 valence electrons. The van der Waals surface area contributed by atoms with E-state index in [4.69, 9.17) is 0 Å². The first kappa shape index (κ1) is 11.6. The summed E-state index contributed by atoms with van der Waals surface area (Å²) in [5, 5.41) is 10.5. The highest BCUT2D eigenvalue weighted by atomic mass is 16.3. The van der Waals surface area contributed by atoms with Crippen LogP contribution >= 0.6 is 0 Å². The number of hydrogen-bond acceptors (Lipinski definition) is 2. The van der Waals surface area contributed by atoms with Crippen molar-refractivity contribution < 1.29 is 5.11 Å². The summed E-state index contributed by atoms with van der Waals surface area (Å²) in [5.41, 5.74) is 2.40. The van der Waals surface area contributed by atoms with E-state index in [0.29, 0.717) is 5.92 Å². The molecule has 16 heavy (non-hydrogen) atoms. The molecule has 0 saturated heterocycles. The van der Waals surface area contributed by atoms with Crippen LogP contribution in [0.15, 0.2) is 18.5 Å². The second-order valence-electron chi connectivity index (χ2n) is 5.66. The van der Waals surface area contributed by atoms with Gasteiger partial charge in [0.1, 0.15) is 0 Å². The Balaban J connectivity index is 2.26. The molecule has 1 aliphatic carbocycles. The molecule has 2 atom stereocenters. The van der Waals surface area contributed by atoms with Gasteiger partial charge in [-0.15, -0.1) is 0 Å². The highest BCUT2D eigenvalue weighted by Crippen LogP contribution is 2.48. The van der Waals surface area contributed by atoms with Crippen molar-refractivity contribution in [1.29, 1.82) is 0 Å². The fraction of sp³-hybridized carbons (Fsp3) is 0.643. The number of hydrogen-bond donors (Lipinski definition) is 1. The Hall–Kier alpha value is -0.890. The van der Waals surface area contributed by atoms with Crippen molar-refractivity contribution in [3.8, 4) is 0 Å². The van der Waals surface area contributed by atoms with Gasteiger partial charge in [0.2, 0.25) is 0 Å². The number of aryl methyl sites for hydroxylation is 1. The fourth-order valence-corrected chi connectivity index (χ4v) is 2.94. The molecule has 0 amide bonds. The second kappa shape index (κ2) is 4.17. The highest BCUT2D eigenvalue weighted by Gasteiger charge is 2.39. The molecule has 1 N–H and O–H groups in total. The van der Waals surface area contributed by atoms with Gasteiger partial charge in [0.25, 0.3) is 0 Å². The third kappa shape index (κ3) is 1.99. The quantitative estimate of drug-likeness (QED) is 0.828. The van der Waals surface area contributed by atoms with Crippen molar-refractivity contribution in [2.24, 2.45) is 11.3 Å². The van der Waals surface area contributed by atoms with E-state index in [9.17, 15) is 5.11 Å². The van der Waals surface area contributed by atoms with Gasteiger partial charge in [0, 0.05) is 18.0 Å². The zero-order chi connectivity index (χ0) is 11.8. The summed E-state index contributed by atoms with van der Waals surface area (Å²) >= 11 is 0. The minimum atomic E-state index is -0.355. The molecule has 1 saturated carbocycles. The van der Waals surface area contributed by atoms with Gasteiger partial charge in [-0.05, 0) is 42.7 Å². The van der Waals surface area contributed by atoms with Crippen LogP contribution in [0.2, 0.25) is 0 Å². The van der Waals surface area contributed by atoms with Crippen molar-refractivity contribution in [3.63, 3.8) is 0 Å². The number of rotatable bonds is 2. The third-order valence-electron chi connectivity index (χ3n) is 4.12. The van der Waals surface area contributed by atoms with Crippen LogP contribution in [0.25, 0.3) is 0 Å². The smallest absolute Gasteiger partial charge is 0.0840 e. The SMILES string of the molecule is Cc1ccncc1C(O)C1CCCC1(C)C. The van der Waals surface area contributed by atoms with Crippen molar-refractivity contribution >= 4 is 0 Å². The molecule has 2 rings (SSSR count). The van der Waals surface area contributed by atoms with Crippen LogP contribution in [0, 0.1) is 18.3 Å². The number of aliphatic hydroxyl groups excluding tert-OH is 1. The molecule has 0 bridgehead atoms. The maximum atomic E-state index is 10.5. The molecule has 1 aromatic rings. The number of nitrogens with zero attached hydrogens (tertiary/aromatic N) is 1. The van der Waals surface area contributed by atoms with Crippen LogP contribution in [0.4, 0.5) is 0 Å². The van der Waals surface area contributed by atoms with E-state index < -0.39 is 0 Å². The lowest BCUT2D eigenvalue weighted by Gasteiger charge is -2.31. The van der Waals surface area contributed by atoms with Crippen LogP contribution in [0.3, 0.4) is 0 Å². The molecule has 0 radical (unpaired) electrons. The highest BCUT2D eigenvalue weighted by molar-refractivity contribution is 5.25. The van der Waals surface area contributed by atoms with Crippen LogP contribution in [-0.2, 0) is 0 Å². The Morgan fingerprint density at radius 3 is 2.81 bits per heavy atom. The monoisotopic (exact) mass is 219 g/mol. The van der Waals surface area contributed by atoms with E-state index in [1.165, 1.54) is 12.8 Å². The zero-order valence-corrected chi connectivity index (χ0v) is 10.4. The Kier molecular flexibility index (Phi) is 3.02. The van der Waals surface area contributed by atoms with E-state index in [1.54, 1.807) is 6.20 Å². The molecule has 1 aliphatic rings. The first-order chi connectivity index (χ1) is 7.52. The van der Waals surface area contributed by atoms with Gasteiger partial charge in [-0.3, -0.25) is 4.98 Å². The normalized spacial score (nSPS) is 25.6. The zero-order valence-electron chi connectivity index (χ0n) is 10.4. The van der Waals surface area contributed by atoms with E-state index in [-0.39, 0.29) is 11.5 Å². The predicted octanol–water partition coefficient (Wildman–Crippen LogP) is 3.25. The van der Waals surface area contributed by atoms with Gasteiger partial charge in [-0.1, -0.05) is 20.3 Å². The van der Waals surface area contributed by atoms with Gasteiger partial charge in [-0.25, -0.2) is 0 Å². The Morgan fingerprint density at radius 1 is 1.50 bits per heavy atom. The van der Waals surface area contributed by atoms with Crippen molar-refractivity contribution in [1.82, 2.24) is 4.98 Å². The molecule has 1 heterocycles. The first-order valence-electron chi connectivity index (χ1n) is 6.11. The van der Waals surface area contributed by atoms with Crippen molar-refractivity contribution in [2.75, 3.05) is 0 Å². The lowest BCUT2D eigenvalue weighted by atomic mass is 9.76. The van der Waals surface area contributed by atoms with Gasteiger partial charge in [0.15, 0.2) is 0 Å². The summed E-state index contributed by atoms with van der Waals surface area (Å²) in [6.45, 7) is 6.57. The summed E-state index contributed by atoms with van der Waals surface area (Å²) < 4.78 is 0. The maximum Gasteiger partial charge on any atom is 0.0840 e. The first-order valence-corrected chi connectivity index (χ1v) is 6.11. The number of aromatic nitrogens is 1. The average molecular weight is 219 g/mol. The van der Waals surface area contributed by atoms with Crippen molar-refractivity contribution in [2.45, 2.75) is 46.1 Å². The Bertz CT molecular complexity index is 373. The maximum absolute atomic E-state index is 10.5. The molecule has 0 aromatic carbocycles. The molecular weight excluding hydrogens is 198 g/mol. The Morgan fingerprint density at radius 2 is 2.25 bits per heavy atom. The minimum absolute atomic E-state index is 0.252. The molecule has 1 aromatic heterocycles. The lowest BCUT2D eigenvalue weighted by Crippen LogP contribution is -2.24. The van der Waals surface area contributed by atoms with Gasteiger partial charge >= 0.3 is 0 Å². The molecule has 2 heteroatoms. The van der Waals surface area contributed by atoms with E-state index >= 15 is 0 Å². The molecule has 2 unspecified atom stereocenters. The third-order valence-corrected chi connectivity index (χ3v) is 4.12. The largest absolute Gasteiger partial charge is 0.388 e. The Labute approximate surface area is 97.7 Å². The summed E-state index contributed by atoms with van der Waals surface area (Å²) in [6, 6.07) is 1.97.